The van der Waals surface area contributed by atoms with Gasteiger partial charge in [0, 0.05) is 6.54 Å². The number of aromatic nitrogens is 2. The zero-order valence-corrected chi connectivity index (χ0v) is 18.2. The third-order valence-corrected chi connectivity index (χ3v) is 5.08. The van der Waals surface area contributed by atoms with E-state index in [0.29, 0.717) is 5.56 Å². The van der Waals surface area contributed by atoms with E-state index in [4.69, 9.17) is 4.74 Å². The van der Waals surface area contributed by atoms with Crippen molar-refractivity contribution in [1.29, 1.82) is 0 Å². The third-order valence-electron chi connectivity index (χ3n) is 5.08. The second kappa shape index (κ2) is 10.3. The third kappa shape index (κ3) is 5.79. The van der Waals surface area contributed by atoms with Crippen LogP contribution in [0.4, 0.5) is 13.2 Å². The van der Waals surface area contributed by atoms with Crippen molar-refractivity contribution in [3.8, 4) is 5.69 Å². The Morgan fingerprint density at radius 3 is 2.39 bits per heavy atom. The molecular formula is C24H24F3N3O3. The van der Waals surface area contributed by atoms with Gasteiger partial charge in [0.05, 0.1) is 30.0 Å². The average Bonchev–Trinajstić information content (AvgIpc) is 3.23. The molecule has 1 aromatic heterocycles. The molecule has 33 heavy (non-hydrogen) atoms. The van der Waals surface area contributed by atoms with Gasteiger partial charge in [0.2, 0.25) is 0 Å². The number of hydrogen-bond donors (Lipinski definition) is 1. The van der Waals surface area contributed by atoms with E-state index in [0.717, 1.165) is 16.4 Å². The van der Waals surface area contributed by atoms with E-state index >= 15 is 0 Å². The lowest BCUT2D eigenvalue weighted by Crippen LogP contribution is -2.36. The normalized spacial score (nSPS) is 12.3. The smallest absolute Gasteiger partial charge is 0.434 e. The molecule has 3 rings (SSSR count). The number of hydrogen-bond acceptors (Lipinski definition) is 4. The molecule has 1 amide bonds. The topological polar surface area (TPSA) is 73.2 Å². The summed E-state index contributed by atoms with van der Waals surface area (Å²) in [5, 5.41) is 6.30. The molecular weight excluding hydrogens is 435 g/mol. The van der Waals surface area contributed by atoms with E-state index in [1.54, 1.807) is 32.0 Å². The molecule has 1 unspecified atom stereocenters. The van der Waals surface area contributed by atoms with Gasteiger partial charge in [0.15, 0.2) is 5.69 Å². The Labute approximate surface area is 189 Å². The molecule has 0 fully saturated rings. The van der Waals surface area contributed by atoms with Crippen molar-refractivity contribution in [2.45, 2.75) is 26.4 Å². The highest BCUT2D eigenvalue weighted by molar-refractivity contribution is 5.95. The standard InChI is InChI=1S/C24H24F3N3O3/c1-3-33-23(32)18(13-17-10-5-4-6-11-17)14-28-22(31)19-15-29-30(21(19)24(25,26)27)20-12-8-7-9-16(20)2/h4-12,15,18H,3,13-14H2,1-2H3,(H,28,31). The molecule has 0 aliphatic rings. The number of esters is 1. The van der Waals surface area contributed by atoms with Gasteiger partial charge in [0.1, 0.15) is 0 Å². The second-order valence-corrected chi connectivity index (χ2v) is 7.45. The van der Waals surface area contributed by atoms with Crippen LogP contribution < -0.4 is 5.32 Å². The van der Waals surface area contributed by atoms with E-state index in [9.17, 15) is 22.8 Å². The zero-order valence-electron chi connectivity index (χ0n) is 18.2. The molecule has 3 aromatic rings. The van der Waals surface area contributed by atoms with Crippen molar-refractivity contribution < 1.29 is 27.5 Å². The SMILES string of the molecule is CCOC(=O)C(CNC(=O)c1cnn(-c2ccccc2C)c1C(F)(F)F)Cc1ccccc1. The van der Waals surface area contributed by atoms with Crippen molar-refractivity contribution in [2.75, 3.05) is 13.2 Å². The predicted molar refractivity (Wildman–Crippen MR) is 116 cm³/mol. The van der Waals surface area contributed by atoms with Crippen molar-refractivity contribution in [2.24, 2.45) is 5.92 Å². The second-order valence-electron chi connectivity index (χ2n) is 7.45. The maximum atomic E-state index is 13.9. The molecule has 0 saturated carbocycles. The van der Waals surface area contributed by atoms with Crippen LogP contribution in [0.2, 0.25) is 0 Å². The summed E-state index contributed by atoms with van der Waals surface area (Å²) in [5.41, 5.74) is -0.160. The predicted octanol–water partition coefficient (Wildman–Crippen LogP) is 4.35. The summed E-state index contributed by atoms with van der Waals surface area (Å²) < 4.78 is 47.6. The van der Waals surface area contributed by atoms with Crippen molar-refractivity contribution >= 4 is 11.9 Å². The Balaban J connectivity index is 1.85. The first-order valence-corrected chi connectivity index (χ1v) is 10.4. The maximum absolute atomic E-state index is 13.9. The quantitative estimate of drug-likeness (QED) is 0.509. The van der Waals surface area contributed by atoms with Crippen LogP contribution in [0.1, 0.15) is 34.1 Å². The van der Waals surface area contributed by atoms with Crippen molar-refractivity contribution in [1.82, 2.24) is 15.1 Å². The first kappa shape index (κ1) is 24.0. The molecule has 9 heteroatoms. The van der Waals surface area contributed by atoms with E-state index < -0.39 is 35.2 Å². The van der Waals surface area contributed by atoms with Gasteiger partial charge in [-0.25, -0.2) is 4.68 Å². The van der Waals surface area contributed by atoms with Gasteiger partial charge in [-0.2, -0.15) is 18.3 Å². The summed E-state index contributed by atoms with van der Waals surface area (Å²) in [4.78, 5) is 25.1. The van der Waals surface area contributed by atoms with Crippen LogP contribution in [0.3, 0.4) is 0 Å². The number of aryl methyl sites for hydroxylation is 1. The largest absolute Gasteiger partial charge is 0.466 e. The number of para-hydroxylation sites is 1. The molecule has 1 atom stereocenters. The molecule has 2 aromatic carbocycles. The van der Waals surface area contributed by atoms with Gasteiger partial charge < -0.3 is 10.1 Å². The molecule has 0 spiro atoms. The molecule has 174 valence electrons. The number of halogens is 3. The minimum atomic E-state index is -4.82. The molecule has 0 saturated heterocycles. The number of nitrogens with one attached hydrogen (secondary N) is 1. The fourth-order valence-corrected chi connectivity index (χ4v) is 3.48. The lowest BCUT2D eigenvalue weighted by atomic mass is 9.99. The van der Waals surface area contributed by atoms with Crippen LogP contribution in [0.15, 0.2) is 60.8 Å². The number of carbonyl (C=O) groups excluding carboxylic acids is 2. The molecule has 0 aliphatic carbocycles. The van der Waals surface area contributed by atoms with Gasteiger partial charge in [0.25, 0.3) is 5.91 Å². The average molecular weight is 459 g/mol. The zero-order chi connectivity index (χ0) is 24.0. The molecule has 1 N–H and O–H groups in total. The molecule has 0 bridgehead atoms. The number of benzene rings is 2. The van der Waals surface area contributed by atoms with Gasteiger partial charge in [-0.1, -0.05) is 48.5 Å². The highest BCUT2D eigenvalue weighted by atomic mass is 19.4. The lowest BCUT2D eigenvalue weighted by molar-refractivity contribution is -0.148. The van der Waals surface area contributed by atoms with Crippen LogP contribution in [0, 0.1) is 12.8 Å². The molecule has 1 heterocycles. The number of amides is 1. The van der Waals surface area contributed by atoms with Crippen molar-refractivity contribution in [3.05, 3.63) is 83.2 Å². The van der Waals surface area contributed by atoms with E-state index in [2.05, 4.69) is 10.4 Å². The number of nitrogens with zero attached hydrogens (tertiary/aromatic N) is 2. The number of rotatable bonds is 8. The van der Waals surface area contributed by atoms with E-state index in [-0.39, 0.29) is 25.3 Å². The molecule has 6 nitrogen and oxygen atoms in total. The van der Waals surface area contributed by atoms with E-state index in [1.165, 1.54) is 6.07 Å². The van der Waals surface area contributed by atoms with Crippen LogP contribution in [0.5, 0.6) is 0 Å². The van der Waals surface area contributed by atoms with Gasteiger partial charge in [-0.3, -0.25) is 9.59 Å². The van der Waals surface area contributed by atoms with Gasteiger partial charge in [-0.05, 0) is 37.5 Å². The first-order chi connectivity index (χ1) is 15.7. The highest BCUT2D eigenvalue weighted by Gasteiger charge is 2.41. The fraction of sp³-hybridized carbons (Fsp3) is 0.292. The number of alkyl halides is 3. The summed E-state index contributed by atoms with van der Waals surface area (Å²) in [6.45, 7) is 3.29. The first-order valence-electron chi connectivity index (χ1n) is 10.4. The fourth-order valence-electron chi connectivity index (χ4n) is 3.48. The number of carbonyl (C=O) groups is 2. The lowest BCUT2D eigenvalue weighted by Gasteiger charge is -2.17. The summed E-state index contributed by atoms with van der Waals surface area (Å²) in [6, 6.07) is 15.5. The monoisotopic (exact) mass is 459 g/mol. The Bertz CT molecular complexity index is 1110. The van der Waals surface area contributed by atoms with Gasteiger partial charge in [-0.15, -0.1) is 0 Å². The Hall–Kier alpha value is -3.62. The summed E-state index contributed by atoms with van der Waals surface area (Å²) >= 11 is 0. The van der Waals surface area contributed by atoms with Gasteiger partial charge >= 0.3 is 12.1 Å². The Morgan fingerprint density at radius 2 is 1.76 bits per heavy atom. The minimum absolute atomic E-state index is 0.152. The summed E-state index contributed by atoms with van der Waals surface area (Å²) in [6.07, 6.45) is -3.66. The maximum Gasteiger partial charge on any atom is 0.434 e. The van der Waals surface area contributed by atoms with E-state index in [1.807, 2.05) is 30.3 Å². The highest BCUT2D eigenvalue weighted by Crippen LogP contribution is 2.34. The van der Waals surface area contributed by atoms with Crippen LogP contribution >= 0.6 is 0 Å². The summed E-state index contributed by atoms with van der Waals surface area (Å²) in [7, 11) is 0. The molecule has 0 aliphatic heterocycles. The summed E-state index contributed by atoms with van der Waals surface area (Å²) in [5.74, 6) is -2.25. The minimum Gasteiger partial charge on any atom is -0.466 e. The molecule has 0 radical (unpaired) electrons. The van der Waals surface area contributed by atoms with Crippen molar-refractivity contribution in [3.63, 3.8) is 0 Å². The Kier molecular flexibility index (Phi) is 7.52. The number of ether oxygens (including phenoxy) is 1. The van der Waals surface area contributed by atoms with Crippen LogP contribution in [-0.4, -0.2) is 34.8 Å². The van der Waals surface area contributed by atoms with Crippen LogP contribution in [-0.2, 0) is 22.1 Å². The van der Waals surface area contributed by atoms with Crippen LogP contribution in [0.25, 0.3) is 5.69 Å². The Morgan fingerprint density at radius 1 is 1.09 bits per heavy atom.